The molecule has 0 aliphatic heterocycles. The quantitative estimate of drug-likeness (QED) is 0.588. The van der Waals surface area contributed by atoms with Gasteiger partial charge in [0.05, 0.1) is 6.61 Å². The second-order valence-corrected chi connectivity index (χ2v) is 3.79. The monoisotopic (exact) mass is 273 g/mol. The molecule has 0 aliphatic rings. The first-order valence-corrected chi connectivity index (χ1v) is 5.55. The van der Waals surface area contributed by atoms with Gasteiger partial charge in [-0.25, -0.2) is 13.2 Å². The van der Waals surface area contributed by atoms with E-state index in [1.807, 2.05) is 0 Å². The zero-order valence-corrected chi connectivity index (χ0v) is 10.5. The van der Waals surface area contributed by atoms with Crippen molar-refractivity contribution in [2.45, 2.75) is 0 Å². The Bertz CT molecular complexity index is 454. The molecule has 104 valence electrons. The van der Waals surface area contributed by atoms with E-state index in [0.717, 1.165) is 0 Å². The van der Waals surface area contributed by atoms with Crippen LogP contribution in [0, 0.1) is 17.5 Å². The molecule has 0 aliphatic carbocycles. The van der Waals surface area contributed by atoms with Gasteiger partial charge in [0.2, 0.25) is 0 Å². The van der Waals surface area contributed by atoms with Crippen LogP contribution in [-0.4, -0.2) is 37.6 Å². The predicted octanol–water partition coefficient (Wildman–Crippen LogP) is 2.38. The minimum atomic E-state index is -1.59. The Hall–Kier alpha value is -1.82. The van der Waals surface area contributed by atoms with Gasteiger partial charge in [0.1, 0.15) is 0 Å². The highest BCUT2D eigenvalue weighted by atomic mass is 19.2. The molecule has 1 aromatic rings. The van der Waals surface area contributed by atoms with Crippen molar-refractivity contribution in [3.63, 3.8) is 0 Å². The number of benzene rings is 1. The highest BCUT2D eigenvalue weighted by Gasteiger charge is 2.19. The number of hydrogen-bond acceptors (Lipinski definition) is 2. The zero-order chi connectivity index (χ0) is 14.4. The molecule has 19 heavy (non-hydrogen) atoms. The maximum atomic E-state index is 13.1. The summed E-state index contributed by atoms with van der Waals surface area (Å²) in [6, 6.07) is 1.34. The Morgan fingerprint density at radius 3 is 2.42 bits per heavy atom. The summed E-state index contributed by atoms with van der Waals surface area (Å²) < 4.78 is 43.8. The lowest BCUT2D eigenvalue weighted by Gasteiger charge is -2.20. The van der Waals surface area contributed by atoms with Gasteiger partial charge >= 0.3 is 0 Å². The summed E-state index contributed by atoms with van der Waals surface area (Å²) in [6.45, 7) is 4.20. The summed E-state index contributed by atoms with van der Waals surface area (Å²) in [5.41, 5.74) is -0.255. The van der Waals surface area contributed by atoms with Crippen LogP contribution in [0.3, 0.4) is 0 Å². The molecule has 0 spiro atoms. The first-order chi connectivity index (χ1) is 9.01. The minimum absolute atomic E-state index is 0.197. The third-order valence-electron chi connectivity index (χ3n) is 2.43. The lowest BCUT2D eigenvalue weighted by molar-refractivity contribution is 0.0717. The van der Waals surface area contributed by atoms with Gasteiger partial charge in [-0.15, -0.1) is 6.58 Å². The van der Waals surface area contributed by atoms with Gasteiger partial charge < -0.3 is 9.64 Å². The van der Waals surface area contributed by atoms with Gasteiger partial charge in [-0.2, -0.15) is 0 Å². The van der Waals surface area contributed by atoms with Crippen LogP contribution < -0.4 is 0 Å². The first-order valence-electron chi connectivity index (χ1n) is 5.55. The van der Waals surface area contributed by atoms with E-state index in [4.69, 9.17) is 4.74 Å². The summed E-state index contributed by atoms with van der Waals surface area (Å²) in [5.74, 6) is -5.00. The van der Waals surface area contributed by atoms with Gasteiger partial charge in [-0.1, -0.05) is 6.08 Å². The number of ether oxygens (including phenoxy) is 1. The van der Waals surface area contributed by atoms with Gasteiger partial charge in [0, 0.05) is 25.8 Å². The molecule has 1 amide bonds. The Kier molecular flexibility index (Phi) is 5.57. The van der Waals surface area contributed by atoms with Crippen LogP contribution in [0.25, 0.3) is 0 Å². The normalized spacial score (nSPS) is 10.3. The van der Waals surface area contributed by atoms with Crippen molar-refractivity contribution in [2.24, 2.45) is 0 Å². The standard InChI is InChI=1S/C13H14F3NO2/c1-3-4-17(5-6-19-2)13(18)9-7-10(14)12(16)11(15)8-9/h3,7-8H,1,4-6H2,2H3. The molecular weight excluding hydrogens is 259 g/mol. The second-order valence-electron chi connectivity index (χ2n) is 3.79. The number of hydrogen-bond donors (Lipinski definition) is 0. The van der Waals surface area contributed by atoms with Crippen LogP contribution in [0.2, 0.25) is 0 Å². The second kappa shape index (κ2) is 6.94. The van der Waals surface area contributed by atoms with E-state index in [-0.39, 0.29) is 25.3 Å². The lowest BCUT2D eigenvalue weighted by Crippen LogP contribution is -2.34. The fourth-order valence-corrected chi connectivity index (χ4v) is 1.49. The topological polar surface area (TPSA) is 29.5 Å². The van der Waals surface area contributed by atoms with Crippen molar-refractivity contribution < 1.29 is 22.7 Å². The molecule has 0 aromatic heterocycles. The van der Waals surface area contributed by atoms with Crippen LogP contribution in [0.15, 0.2) is 24.8 Å². The largest absolute Gasteiger partial charge is 0.383 e. The van der Waals surface area contributed by atoms with E-state index in [9.17, 15) is 18.0 Å². The lowest BCUT2D eigenvalue weighted by atomic mass is 10.1. The first kappa shape index (κ1) is 15.2. The van der Waals surface area contributed by atoms with E-state index >= 15 is 0 Å². The summed E-state index contributed by atoms with van der Waals surface area (Å²) in [4.78, 5) is 13.3. The molecule has 1 aromatic carbocycles. The summed E-state index contributed by atoms with van der Waals surface area (Å²) >= 11 is 0. The average molecular weight is 273 g/mol. The number of nitrogens with zero attached hydrogens (tertiary/aromatic N) is 1. The van der Waals surface area contributed by atoms with Crippen LogP contribution in [0.4, 0.5) is 13.2 Å². The van der Waals surface area contributed by atoms with E-state index < -0.39 is 23.4 Å². The molecule has 0 radical (unpaired) electrons. The Morgan fingerprint density at radius 1 is 1.37 bits per heavy atom. The van der Waals surface area contributed by atoms with Crippen LogP contribution >= 0.6 is 0 Å². The maximum absolute atomic E-state index is 13.1. The third-order valence-corrected chi connectivity index (χ3v) is 2.43. The zero-order valence-electron chi connectivity index (χ0n) is 10.5. The number of carbonyl (C=O) groups is 1. The molecule has 0 fully saturated rings. The van der Waals surface area contributed by atoms with E-state index in [1.165, 1.54) is 18.1 Å². The fraction of sp³-hybridized carbons (Fsp3) is 0.308. The van der Waals surface area contributed by atoms with Crippen LogP contribution in [0.1, 0.15) is 10.4 Å². The molecule has 0 saturated carbocycles. The van der Waals surface area contributed by atoms with Crippen molar-refractivity contribution in [1.29, 1.82) is 0 Å². The minimum Gasteiger partial charge on any atom is -0.383 e. The summed E-state index contributed by atoms with van der Waals surface area (Å²) in [5, 5.41) is 0. The van der Waals surface area contributed by atoms with Crippen molar-refractivity contribution >= 4 is 5.91 Å². The maximum Gasteiger partial charge on any atom is 0.254 e. The van der Waals surface area contributed by atoms with Crippen molar-refractivity contribution in [1.82, 2.24) is 4.90 Å². The SMILES string of the molecule is C=CCN(CCOC)C(=O)c1cc(F)c(F)c(F)c1. The summed E-state index contributed by atoms with van der Waals surface area (Å²) in [6.07, 6.45) is 1.48. The molecule has 0 saturated heterocycles. The van der Waals surface area contributed by atoms with Crippen LogP contribution in [-0.2, 0) is 4.74 Å². The van der Waals surface area contributed by atoms with Crippen molar-refractivity contribution in [3.8, 4) is 0 Å². The van der Waals surface area contributed by atoms with Gasteiger partial charge in [-0.3, -0.25) is 4.79 Å². The van der Waals surface area contributed by atoms with Crippen molar-refractivity contribution in [2.75, 3.05) is 26.8 Å². The molecule has 0 heterocycles. The summed E-state index contributed by atoms with van der Waals surface area (Å²) in [7, 11) is 1.47. The predicted molar refractivity (Wildman–Crippen MR) is 64.3 cm³/mol. The molecule has 0 atom stereocenters. The van der Waals surface area contributed by atoms with Crippen molar-refractivity contribution in [3.05, 3.63) is 47.8 Å². The smallest absolute Gasteiger partial charge is 0.254 e. The number of carbonyl (C=O) groups excluding carboxylic acids is 1. The highest BCUT2D eigenvalue weighted by molar-refractivity contribution is 5.94. The van der Waals surface area contributed by atoms with Crippen LogP contribution in [0.5, 0.6) is 0 Å². The highest BCUT2D eigenvalue weighted by Crippen LogP contribution is 2.15. The van der Waals surface area contributed by atoms with Gasteiger partial charge in [-0.05, 0) is 12.1 Å². The molecular formula is C13H14F3NO2. The van der Waals surface area contributed by atoms with E-state index in [0.29, 0.717) is 12.1 Å². The molecule has 6 heteroatoms. The molecule has 0 N–H and O–H groups in total. The third kappa shape index (κ3) is 3.82. The number of halogens is 3. The Labute approximate surface area is 109 Å². The Balaban J connectivity index is 2.98. The van der Waals surface area contributed by atoms with Gasteiger partial charge in [0.15, 0.2) is 17.5 Å². The fourth-order valence-electron chi connectivity index (χ4n) is 1.49. The molecule has 0 unspecified atom stereocenters. The van der Waals surface area contributed by atoms with Gasteiger partial charge in [0.25, 0.3) is 5.91 Å². The number of rotatable bonds is 6. The van der Waals surface area contributed by atoms with E-state index in [2.05, 4.69) is 6.58 Å². The Morgan fingerprint density at radius 2 is 1.95 bits per heavy atom. The molecule has 1 rings (SSSR count). The molecule has 3 nitrogen and oxygen atoms in total. The number of methoxy groups -OCH3 is 1. The average Bonchev–Trinajstić information content (AvgIpc) is 2.39. The number of amides is 1. The van der Waals surface area contributed by atoms with E-state index in [1.54, 1.807) is 0 Å². The molecule has 0 bridgehead atoms.